The summed E-state index contributed by atoms with van der Waals surface area (Å²) in [7, 11) is 1.70. The number of likely N-dealkylation sites (N-methyl/N-ethyl adjacent to an activating group) is 1. The van der Waals surface area contributed by atoms with Gasteiger partial charge in [0.05, 0.1) is 4.92 Å². The van der Waals surface area contributed by atoms with Gasteiger partial charge < -0.3 is 15.4 Å². The molecule has 0 aliphatic heterocycles. The molecule has 0 heterocycles. The van der Waals surface area contributed by atoms with Crippen molar-refractivity contribution in [2.75, 3.05) is 20.2 Å². The number of nitrogens with two attached hydrogens (primary N) is 1. The van der Waals surface area contributed by atoms with Gasteiger partial charge in [0.1, 0.15) is 5.75 Å². The van der Waals surface area contributed by atoms with Gasteiger partial charge in [-0.15, -0.1) is 0 Å². The van der Waals surface area contributed by atoms with E-state index in [4.69, 9.17) is 10.5 Å². The fourth-order valence-corrected chi connectivity index (χ4v) is 1.72. The lowest BCUT2D eigenvalue weighted by atomic mass is 10.0. The smallest absolute Gasteiger partial charge is 0.269 e. The molecule has 2 N–H and O–H groups in total. The average molecular weight is 309 g/mol. The molecule has 1 aromatic rings. The molecule has 1 atom stereocenters. The summed E-state index contributed by atoms with van der Waals surface area (Å²) in [5.41, 5.74) is 5.93. The molecule has 1 unspecified atom stereocenters. The summed E-state index contributed by atoms with van der Waals surface area (Å²) in [5.74, 6) is 0.639. The Morgan fingerprint density at radius 1 is 1.36 bits per heavy atom. The molecule has 0 aliphatic carbocycles. The van der Waals surface area contributed by atoms with E-state index in [1.54, 1.807) is 11.9 Å². The zero-order valence-electron chi connectivity index (χ0n) is 13.2. The molecular formula is C15H23N3O4. The van der Waals surface area contributed by atoms with Gasteiger partial charge in [0.25, 0.3) is 11.6 Å². The maximum Gasteiger partial charge on any atom is 0.269 e. The van der Waals surface area contributed by atoms with Gasteiger partial charge in [-0.25, -0.2) is 0 Å². The zero-order chi connectivity index (χ0) is 16.7. The normalized spacial score (nSPS) is 12.0. The maximum absolute atomic E-state index is 11.9. The van der Waals surface area contributed by atoms with Crippen LogP contribution in [0.25, 0.3) is 0 Å². The Labute approximate surface area is 130 Å². The first kappa shape index (κ1) is 17.9. The number of benzene rings is 1. The minimum atomic E-state index is -0.485. The minimum absolute atomic E-state index is 0.0153. The van der Waals surface area contributed by atoms with Crippen LogP contribution in [0.5, 0.6) is 5.75 Å². The number of amides is 1. The summed E-state index contributed by atoms with van der Waals surface area (Å²) in [5, 5.41) is 10.5. The first-order valence-corrected chi connectivity index (χ1v) is 7.18. The SMILES string of the molecule is CC(C)C(N)CCN(C)C(=O)COc1ccc([N+](=O)[O-])cc1. The first-order chi connectivity index (χ1) is 10.3. The first-order valence-electron chi connectivity index (χ1n) is 7.18. The van der Waals surface area contributed by atoms with Crippen molar-refractivity contribution in [2.45, 2.75) is 26.3 Å². The van der Waals surface area contributed by atoms with Gasteiger partial charge >= 0.3 is 0 Å². The number of non-ortho nitro benzene ring substituents is 1. The Bertz CT molecular complexity index is 502. The zero-order valence-corrected chi connectivity index (χ0v) is 13.2. The summed E-state index contributed by atoms with van der Waals surface area (Å²) in [6, 6.07) is 5.68. The molecule has 0 radical (unpaired) electrons. The van der Waals surface area contributed by atoms with E-state index in [0.717, 1.165) is 6.42 Å². The molecule has 0 aliphatic rings. The number of ether oxygens (including phenoxy) is 1. The van der Waals surface area contributed by atoms with Crippen molar-refractivity contribution in [2.24, 2.45) is 11.7 Å². The maximum atomic E-state index is 11.9. The third kappa shape index (κ3) is 5.69. The Hall–Kier alpha value is -2.15. The second kappa shape index (κ2) is 8.33. The molecule has 1 rings (SSSR count). The van der Waals surface area contributed by atoms with Crippen LogP contribution in [0, 0.1) is 16.0 Å². The van der Waals surface area contributed by atoms with E-state index in [-0.39, 0.29) is 24.2 Å². The standard InChI is InChI=1S/C15H23N3O4/c1-11(2)14(16)8-9-17(3)15(19)10-22-13-6-4-12(5-7-13)18(20)21/h4-7,11,14H,8-10,16H2,1-3H3. The highest BCUT2D eigenvalue weighted by Crippen LogP contribution is 2.17. The molecule has 7 heteroatoms. The van der Waals surface area contributed by atoms with Crippen LogP contribution in [0.2, 0.25) is 0 Å². The minimum Gasteiger partial charge on any atom is -0.484 e. The van der Waals surface area contributed by atoms with Crippen LogP contribution in [-0.4, -0.2) is 42.0 Å². The van der Waals surface area contributed by atoms with Gasteiger partial charge in [0, 0.05) is 31.8 Å². The van der Waals surface area contributed by atoms with Gasteiger partial charge in [0.2, 0.25) is 0 Å². The third-order valence-electron chi connectivity index (χ3n) is 3.49. The Kier molecular flexibility index (Phi) is 6.78. The van der Waals surface area contributed by atoms with Crippen LogP contribution in [0.1, 0.15) is 20.3 Å². The lowest BCUT2D eigenvalue weighted by Gasteiger charge is -2.21. The van der Waals surface area contributed by atoms with E-state index in [9.17, 15) is 14.9 Å². The van der Waals surface area contributed by atoms with E-state index in [0.29, 0.717) is 18.2 Å². The highest BCUT2D eigenvalue weighted by molar-refractivity contribution is 5.77. The fraction of sp³-hybridized carbons (Fsp3) is 0.533. The summed E-state index contributed by atoms with van der Waals surface area (Å²) in [6.45, 7) is 4.56. The van der Waals surface area contributed by atoms with Crippen molar-refractivity contribution in [1.29, 1.82) is 0 Å². The Morgan fingerprint density at radius 2 is 1.95 bits per heavy atom. The average Bonchev–Trinajstić information content (AvgIpc) is 2.49. The van der Waals surface area contributed by atoms with Gasteiger partial charge in [-0.3, -0.25) is 14.9 Å². The van der Waals surface area contributed by atoms with Crippen molar-refractivity contribution in [3.63, 3.8) is 0 Å². The summed E-state index contributed by atoms with van der Waals surface area (Å²) < 4.78 is 5.33. The molecule has 0 saturated heterocycles. The third-order valence-corrected chi connectivity index (χ3v) is 3.49. The number of carbonyl (C=O) groups excluding carboxylic acids is 1. The number of carbonyl (C=O) groups is 1. The molecule has 22 heavy (non-hydrogen) atoms. The van der Waals surface area contributed by atoms with Crippen LogP contribution in [0.15, 0.2) is 24.3 Å². The molecule has 0 saturated carbocycles. The van der Waals surface area contributed by atoms with Crippen molar-refractivity contribution in [3.05, 3.63) is 34.4 Å². The van der Waals surface area contributed by atoms with Crippen LogP contribution < -0.4 is 10.5 Å². The second-order valence-corrected chi connectivity index (χ2v) is 5.55. The van der Waals surface area contributed by atoms with E-state index >= 15 is 0 Å². The molecule has 0 fully saturated rings. The van der Waals surface area contributed by atoms with Crippen LogP contribution >= 0.6 is 0 Å². The summed E-state index contributed by atoms with van der Waals surface area (Å²) >= 11 is 0. The van der Waals surface area contributed by atoms with Crippen LogP contribution in [0.4, 0.5) is 5.69 Å². The number of rotatable bonds is 8. The van der Waals surface area contributed by atoms with E-state index < -0.39 is 4.92 Å². The fourth-order valence-electron chi connectivity index (χ4n) is 1.72. The van der Waals surface area contributed by atoms with Crippen molar-refractivity contribution in [3.8, 4) is 5.75 Å². The Morgan fingerprint density at radius 3 is 2.45 bits per heavy atom. The lowest BCUT2D eigenvalue weighted by Crippen LogP contribution is -2.36. The Balaban J connectivity index is 2.40. The van der Waals surface area contributed by atoms with E-state index in [1.807, 2.05) is 13.8 Å². The number of hydrogen-bond donors (Lipinski definition) is 1. The number of hydrogen-bond acceptors (Lipinski definition) is 5. The largest absolute Gasteiger partial charge is 0.484 e. The second-order valence-electron chi connectivity index (χ2n) is 5.55. The van der Waals surface area contributed by atoms with E-state index in [2.05, 4.69) is 0 Å². The van der Waals surface area contributed by atoms with Crippen molar-refractivity contribution >= 4 is 11.6 Å². The number of nitro groups is 1. The number of nitro benzene ring substituents is 1. The van der Waals surface area contributed by atoms with Crippen LogP contribution in [0.3, 0.4) is 0 Å². The predicted molar refractivity (Wildman–Crippen MR) is 83.7 cm³/mol. The highest BCUT2D eigenvalue weighted by Gasteiger charge is 2.13. The van der Waals surface area contributed by atoms with Crippen molar-refractivity contribution < 1.29 is 14.5 Å². The van der Waals surface area contributed by atoms with Gasteiger partial charge in [-0.1, -0.05) is 13.8 Å². The highest BCUT2D eigenvalue weighted by atomic mass is 16.6. The van der Waals surface area contributed by atoms with Gasteiger partial charge in [0.15, 0.2) is 6.61 Å². The molecule has 1 aromatic carbocycles. The topological polar surface area (TPSA) is 98.7 Å². The summed E-state index contributed by atoms with van der Waals surface area (Å²) in [4.78, 5) is 23.6. The number of nitrogens with zero attached hydrogens (tertiary/aromatic N) is 2. The molecular weight excluding hydrogens is 286 g/mol. The quantitative estimate of drug-likeness (QED) is 0.583. The summed E-state index contributed by atoms with van der Waals surface area (Å²) in [6.07, 6.45) is 0.734. The monoisotopic (exact) mass is 309 g/mol. The lowest BCUT2D eigenvalue weighted by molar-refractivity contribution is -0.384. The van der Waals surface area contributed by atoms with E-state index in [1.165, 1.54) is 24.3 Å². The predicted octanol–water partition coefficient (Wildman–Crippen LogP) is 1.81. The van der Waals surface area contributed by atoms with Crippen molar-refractivity contribution in [1.82, 2.24) is 4.90 Å². The van der Waals surface area contributed by atoms with Gasteiger partial charge in [-0.05, 0) is 24.5 Å². The molecule has 122 valence electrons. The molecule has 0 spiro atoms. The van der Waals surface area contributed by atoms with Gasteiger partial charge in [-0.2, -0.15) is 0 Å². The van der Waals surface area contributed by atoms with Crippen LogP contribution in [-0.2, 0) is 4.79 Å². The molecule has 7 nitrogen and oxygen atoms in total. The molecule has 1 amide bonds. The molecule has 0 aromatic heterocycles. The molecule has 0 bridgehead atoms.